The molecule has 1 aromatic carbocycles. The first-order valence-corrected chi connectivity index (χ1v) is 5.47. The normalized spacial score (nSPS) is 10.4. The van der Waals surface area contributed by atoms with Crippen LogP contribution in [0.2, 0.25) is 0 Å². The number of aliphatic hydroxyl groups is 1. The number of benzene rings is 1. The van der Waals surface area contributed by atoms with Crippen LogP contribution in [0.3, 0.4) is 0 Å². The van der Waals surface area contributed by atoms with Gasteiger partial charge in [0.1, 0.15) is 12.4 Å². The topological polar surface area (TPSA) is 64.7 Å². The molecule has 0 saturated heterocycles. The molecule has 0 atom stereocenters. The number of aliphatic hydroxyl groups excluding tert-OH is 1. The number of hydrogen-bond acceptors (Lipinski definition) is 4. The van der Waals surface area contributed by atoms with Crippen LogP contribution in [0.15, 0.2) is 24.3 Å². The number of hydrogen-bond donors (Lipinski definition) is 2. The maximum absolute atomic E-state index is 8.49. The molecular formula is C12H19NO3. The Balaban J connectivity index is 2.21. The van der Waals surface area contributed by atoms with E-state index in [0.29, 0.717) is 26.4 Å². The molecule has 0 aromatic heterocycles. The van der Waals surface area contributed by atoms with Crippen molar-refractivity contribution >= 4 is 0 Å². The zero-order chi connectivity index (χ0) is 11.6. The Labute approximate surface area is 96.0 Å². The molecule has 0 radical (unpaired) electrons. The fourth-order valence-electron chi connectivity index (χ4n) is 1.30. The van der Waals surface area contributed by atoms with Gasteiger partial charge in [-0.3, -0.25) is 0 Å². The van der Waals surface area contributed by atoms with Crippen molar-refractivity contribution in [3.05, 3.63) is 29.8 Å². The molecule has 3 N–H and O–H groups in total. The summed E-state index contributed by atoms with van der Waals surface area (Å²) in [5, 5.41) is 8.49. The van der Waals surface area contributed by atoms with Crippen molar-refractivity contribution in [3.63, 3.8) is 0 Å². The first kappa shape index (κ1) is 13.0. The zero-order valence-electron chi connectivity index (χ0n) is 9.39. The lowest BCUT2D eigenvalue weighted by Crippen LogP contribution is -2.09. The summed E-state index contributed by atoms with van der Waals surface area (Å²) in [6.45, 7) is 2.06. The second-order valence-corrected chi connectivity index (χ2v) is 3.37. The quantitative estimate of drug-likeness (QED) is 0.635. The number of nitrogens with two attached hydrogens (primary N) is 1. The van der Waals surface area contributed by atoms with Crippen LogP contribution in [0.4, 0.5) is 0 Å². The van der Waals surface area contributed by atoms with Crippen LogP contribution in [0, 0.1) is 0 Å². The summed E-state index contributed by atoms with van der Waals surface area (Å²) in [5.74, 6) is 0.827. The maximum atomic E-state index is 8.49. The van der Waals surface area contributed by atoms with E-state index in [1.54, 1.807) is 0 Å². The fraction of sp³-hybridized carbons (Fsp3) is 0.500. The summed E-state index contributed by atoms with van der Waals surface area (Å²) in [4.78, 5) is 0. The molecule has 1 rings (SSSR count). The van der Waals surface area contributed by atoms with E-state index in [1.165, 1.54) is 5.56 Å². The molecule has 4 heteroatoms. The highest BCUT2D eigenvalue weighted by Gasteiger charge is 1.95. The van der Waals surface area contributed by atoms with Crippen molar-refractivity contribution in [1.29, 1.82) is 0 Å². The second-order valence-electron chi connectivity index (χ2n) is 3.37. The highest BCUT2D eigenvalue weighted by molar-refractivity contribution is 5.27. The molecule has 0 amide bonds. The lowest BCUT2D eigenvalue weighted by molar-refractivity contribution is 0.0705. The van der Waals surface area contributed by atoms with Crippen molar-refractivity contribution in [2.24, 2.45) is 5.73 Å². The third kappa shape index (κ3) is 5.11. The Bertz CT molecular complexity index is 274. The highest BCUT2D eigenvalue weighted by atomic mass is 16.5. The van der Waals surface area contributed by atoms with Crippen LogP contribution in [0.5, 0.6) is 5.75 Å². The Morgan fingerprint density at radius 1 is 1.06 bits per heavy atom. The summed E-state index contributed by atoms with van der Waals surface area (Å²) in [5.41, 5.74) is 6.67. The third-order valence-corrected chi connectivity index (χ3v) is 2.09. The van der Waals surface area contributed by atoms with Crippen molar-refractivity contribution in [1.82, 2.24) is 0 Å². The molecule has 0 unspecified atom stereocenters. The lowest BCUT2D eigenvalue weighted by Gasteiger charge is -2.07. The van der Waals surface area contributed by atoms with Crippen LogP contribution in [-0.2, 0) is 11.2 Å². The maximum Gasteiger partial charge on any atom is 0.119 e. The summed E-state index contributed by atoms with van der Waals surface area (Å²) in [7, 11) is 0. The van der Waals surface area contributed by atoms with Gasteiger partial charge in [0.2, 0.25) is 0 Å². The SMILES string of the molecule is NCCc1ccc(OCCOCCO)cc1. The standard InChI is InChI=1S/C12H19NO3/c13-6-5-11-1-3-12(4-2-11)16-10-9-15-8-7-14/h1-4,14H,5-10,13H2. The summed E-state index contributed by atoms with van der Waals surface area (Å²) >= 11 is 0. The van der Waals surface area contributed by atoms with Gasteiger partial charge >= 0.3 is 0 Å². The smallest absolute Gasteiger partial charge is 0.119 e. The Morgan fingerprint density at radius 2 is 1.81 bits per heavy atom. The average molecular weight is 225 g/mol. The first-order chi connectivity index (χ1) is 7.86. The van der Waals surface area contributed by atoms with E-state index in [2.05, 4.69) is 0 Å². The zero-order valence-corrected chi connectivity index (χ0v) is 9.39. The fourth-order valence-corrected chi connectivity index (χ4v) is 1.30. The second kappa shape index (κ2) is 8.10. The molecule has 1 aromatic rings. The van der Waals surface area contributed by atoms with Crippen molar-refractivity contribution < 1.29 is 14.6 Å². The molecule has 0 aliphatic carbocycles. The first-order valence-electron chi connectivity index (χ1n) is 5.47. The van der Waals surface area contributed by atoms with Crippen LogP contribution >= 0.6 is 0 Å². The molecule has 0 heterocycles. The summed E-state index contributed by atoms with van der Waals surface area (Å²) in [6.07, 6.45) is 0.889. The van der Waals surface area contributed by atoms with Gasteiger partial charge in [-0.05, 0) is 30.7 Å². The van der Waals surface area contributed by atoms with Crippen LogP contribution in [0.25, 0.3) is 0 Å². The predicted molar refractivity (Wildman–Crippen MR) is 62.6 cm³/mol. The molecule has 16 heavy (non-hydrogen) atoms. The van der Waals surface area contributed by atoms with Gasteiger partial charge in [0.05, 0.1) is 19.8 Å². The largest absolute Gasteiger partial charge is 0.491 e. The average Bonchev–Trinajstić information content (AvgIpc) is 2.31. The van der Waals surface area contributed by atoms with E-state index >= 15 is 0 Å². The van der Waals surface area contributed by atoms with Crippen molar-refractivity contribution in [2.75, 3.05) is 33.0 Å². The molecule has 0 fully saturated rings. The monoisotopic (exact) mass is 225 g/mol. The van der Waals surface area contributed by atoms with Crippen LogP contribution in [0.1, 0.15) is 5.56 Å². The van der Waals surface area contributed by atoms with E-state index in [9.17, 15) is 0 Å². The van der Waals surface area contributed by atoms with E-state index in [1.807, 2.05) is 24.3 Å². The molecule has 0 aliphatic heterocycles. The minimum Gasteiger partial charge on any atom is -0.491 e. The van der Waals surface area contributed by atoms with E-state index < -0.39 is 0 Å². The number of rotatable bonds is 8. The van der Waals surface area contributed by atoms with Gasteiger partial charge in [0.15, 0.2) is 0 Å². The molecule has 0 saturated carbocycles. The van der Waals surface area contributed by atoms with E-state index in [0.717, 1.165) is 12.2 Å². The minimum absolute atomic E-state index is 0.0494. The van der Waals surface area contributed by atoms with Gasteiger partial charge in [-0.15, -0.1) is 0 Å². The third-order valence-electron chi connectivity index (χ3n) is 2.09. The van der Waals surface area contributed by atoms with Gasteiger partial charge in [-0.1, -0.05) is 12.1 Å². The molecule has 0 spiro atoms. The molecule has 90 valence electrons. The van der Waals surface area contributed by atoms with Gasteiger partial charge in [-0.2, -0.15) is 0 Å². The van der Waals surface area contributed by atoms with Gasteiger partial charge in [-0.25, -0.2) is 0 Å². The Hall–Kier alpha value is -1.10. The minimum atomic E-state index is 0.0494. The molecular weight excluding hydrogens is 206 g/mol. The van der Waals surface area contributed by atoms with Gasteiger partial charge < -0.3 is 20.3 Å². The molecule has 0 bridgehead atoms. The van der Waals surface area contributed by atoms with Crippen molar-refractivity contribution in [3.8, 4) is 5.75 Å². The van der Waals surface area contributed by atoms with Gasteiger partial charge in [0.25, 0.3) is 0 Å². The highest BCUT2D eigenvalue weighted by Crippen LogP contribution is 2.12. The summed E-state index contributed by atoms with van der Waals surface area (Å²) in [6, 6.07) is 7.88. The van der Waals surface area contributed by atoms with E-state index in [-0.39, 0.29) is 6.61 Å². The summed E-state index contributed by atoms with van der Waals surface area (Å²) < 4.78 is 10.5. The Morgan fingerprint density at radius 3 is 2.44 bits per heavy atom. The predicted octanol–water partition coefficient (Wildman–Crippen LogP) is 0.575. The van der Waals surface area contributed by atoms with Crippen molar-refractivity contribution in [2.45, 2.75) is 6.42 Å². The van der Waals surface area contributed by atoms with Crippen LogP contribution in [-0.4, -0.2) is 38.1 Å². The lowest BCUT2D eigenvalue weighted by atomic mass is 10.1. The van der Waals surface area contributed by atoms with E-state index in [4.69, 9.17) is 20.3 Å². The molecule has 4 nitrogen and oxygen atoms in total. The Kier molecular flexibility index (Phi) is 6.56. The molecule has 0 aliphatic rings. The number of ether oxygens (including phenoxy) is 2. The van der Waals surface area contributed by atoms with Gasteiger partial charge in [0, 0.05) is 0 Å². The van der Waals surface area contributed by atoms with Crippen LogP contribution < -0.4 is 10.5 Å².